The number of amides is 1. The van der Waals surface area contributed by atoms with E-state index in [-0.39, 0.29) is 23.6 Å². The minimum absolute atomic E-state index is 0.0349. The van der Waals surface area contributed by atoms with E-state index in [0.29, 0.717) is 37.4 Å². The van der Waals surface area contributed by atoms with Gasteiger partial charge in [-0.2, -0.15) is 5.10 Å². The average Bonchev–Trinajstić information content (AvgIpc) is 3.31. The number of anilines is 1. The number of hydrogen-bond donors (Lipinski definition) is 1. The van der Waals surface area contributed by atoms with Gasteiger partial charge in [0.15, 0.2) is 0 Å². The summed E-state index contributed by atoms with van der Waals surface area (Å²) in [4.78, 5) is 42.1. The smallest absolute Gasteiger partial charge is 0.345 e. The van der Waals surface area contributed by atoms with E-state index in [9.17, 15) is 14.4 Å². The van der Waals surface area contributed by atoms with Crippen LogP contribution in [0.5, 0.6) is 0 Å². The van der Waals surface area contributed by atoms with Crippen molar-refractivity contribution in [3.8, 4) is 0 Å². The molecule has 9 nitrogen and oxygen atoms in total. The summed E-state index contributed by atoms with van der Waals surface area (Å²) in [6.45, 7) is 3.82. The zero-order valence-electron chi connectivity index (χ0n) is 16.9. The predicted molar refractivity (Wildman–Crippen MR) is 112 cm³/mol. The number of nitrogens with one attached hydrogen (secondary N) is 1. The van der Waals surface area contributed by atoms with Crippen LogP contribution < -0.4 is 10.5 Å². The number of carbonyl (C=O) groups is 2. The van der Waals surface area contributed by atoms with Crippen LogP contribution in [0.2, 0.25) is 0 Å². The van der Waals surface area contributed by atoms with Gasteiger partial charge in [0.05, 0.1) is 29.6 Å². The SMILES string of the molecule is CCOC(=O)c1c(N2CCN(C(=O)c3cn[nH]c3)CC2)c2ccccc2n(C)c1=O. The lowest BCUT2D eigenvalue weighted by atomic mass is 10.1. The highest BCUT2D eigenvalue weighted by Gasteiger charge is 2.29. The molecule has 0 spiro atoms. The first-order valence-electron chi connectivity index (χ1n) is 9.84. The van der Waals surface area contributed by atoms with Crippen molar-refractivity contribution in [2.24, 2.45) is 7.05 Å². The number of benzene rings is 1. The van der Waals surface area contributed by atoms with Gasteiger partial charge in [0, 0.05) is 44.8 Å². The van der Waals surface area contributed by atoms with E-state index in [1.165, 1.54) is 10.8 Å². The number of esters is 1. The third-order valence-corrected chi connectivity index (χ3v) is 5.38. The van der Waals surface area contributed by atoms with Crippen LogP contribution in [-0.4, -0.2) is 64.3 Å². The second-order valence-corrected chi connectivity index (χ2v) is 7.09. The molecule has 0 aliphatic carbocycles. The van der Waals surface area contributed by atoms with Crippen molar-refractivity contribution in [3.05, 3.63) is 58.1 Å². The van der Waals surface area contributed by atoms with Gasteiger partial charge < -0.3 is 19.1 Å². The van der Waals surface area contributed by atoms with Crippen molar-refractivity contribution in [2.75, 3.05) is 37.7 Å². The van der Waals surface area contributed by atoms with Gasteiger partial charge >= 0.3 is 5.97 Å². The Morgan fingerprint density at radius 2 is 1.90 bits per heavy atom. The maximum atomic E-state index is 13.1. The van der Waals surface area contributed by atoms with E-state index in [1.807, 2.05) is 29.2 Å². The Morgan fingerprint density at radius 1 is 1.17 bits per heavy atom. The first kappa shape index (κ1) is 19.7. The first-order valence-corrected chi connectivity index (χ1v) is 9.84. The number of aromatic nitrogens is 3. The lowest BCUT2D eigenvalue weighted by Crippen LogP contribution is -2.49. The number of carbonyl (C=O) groups excluding carboxylic acids is 2. The highest BCUT2D eigenvalue weighted by Crippen LogP contribution is 2.30. The standard InChI is InChI=1S/C21H23N5O4/c1-3-30-21(29)17-18(15-6-4-5-7-16(15)24(2)20(17)28)25-8-10-26(11-9-25)19(27)14-12-22-23-13-14/h4-7,12-13H,3,8-11H2,1-2H3,(H,22,23). The number of nitrogens with zero attached hydrogens (tertiary/aromatic N) is 4. The fraction of sp³-hybridized carbons (Fsp3) is 0.333. The zero-order chi connectivity index (χ0) is 21.3. The summed E-state index contributed by atoms with van der Waals surface area (Å²) < 4.78 is 6.67. The molecule has 0 bridgehead atoms. The van der Waals surface area contributed by atoms with Crippen molar-refractivity contribution in [1.82, 2.24) is 19.7 Å². The maximum Gasteiger partial charge on any atom is 0.345 e. The number of aryl methyl sites for hydroxylation is 1. The number of hydrogen-bond acceptors (Lipinski definition) is 6. The van der Waals surface area contributed by atoms with Crippen LogP contribution in [0, 0.1) is 0 Å². The molecule has 9 heteroatoms. The van der Waals surface area contributed by atoms with E-state index in [2.05, 4.69) is 10.2 Å². The number of ether oxygens (including phenoxy) is 1. The first-order chi connectivity index (χ1) is 14.5. The molecule has 1 aliphatic rings. The van der Waals surface area contributed by atoms with Crippen molar-refractivity contribution < 1.29 is 14.3 Å². The summed E-state index contributed by atoms with van der Waals surface area (Å²) in [7, 11) is 1.65. The van der Waals surface area contributed by atoms with Gasteiger partial charge in [-0.05, 0) is 13.0 Å². The molecule has 3 heterocycles. The zero-order valence-corrected chi connectivity index (χ0v) is 16.9. The third kappa shape index (κ3) is 3.32. The number of rotatable bonds is 4. The van der Waals surface area contributed by atoms with E-state index in [4.69, 9.17) is 4.74 Å². The molecule has 1 fully saturated rings. The molecule has 0 radical (unpaired) electrons. The average molecular weight is 409 g/mol. The quantitative estimate of drug-likeness (QED) is 0.654. The summed E-state index contributed by atoms with van der Waals surface area (Å²) in [6.07, 6.45) is 3.07. The summed E-state index contributed by atoms with van der Waals surface area (Å²) >= 11 is 0. The monoisotopic (exact) mass is 409 g/mol. The van der Waals surface area contributed by atoms with Crippen LogP contribution in [0.25, 0.3) is 10.9 Å². The van der Waals surface area contributed by atoms with Crippen LogP contribution in [0.1, 0.15) is 27.6 Å². The molecule has 1 aliphatic heterocycles. The molecule has 0 unspecified atom stereocenters. The summed E-state index contributed by atoms with van der Waals surface area (Å²) in [6, 6.07) is 7.49. The minimum atomic E-state index is -0.629. The third-order valence-electron chi connectivity index (χ3n) is 5.38. The number of aromatic amines is 1. The molecule has 4 rings (SSSR count). The minimum Gasteiger partial charge on any atom is -0.462 e. The van der Waals surface area contributed by atoms with Gasteiger partial charge in [-0.1, -0.05) is 18.2 Å². The normalized spacial score (nSPS) is 14.2. The second kappa shape index (κ2) is 8.02. The fourth-order valence-corrected chi connectivity index (χ4v) is 3.88. The van der Waals surface area contributed by atoms with Gasteiger partial charge in [-0.15, -0.1) is 0 Å². The van der Waals surface area contributed by atoms with E-state index < -0.39 is 5.97 Å². The predicted octanol–water partition coefficient (Wildman–Crippen LogP) is 1.40. The fourth-order valence-electron chi connectivity index (χ4n) is 3.88. The molecule has 1 aromatic carbocycles. The lowest BCUT2D eigenvalue weighted by molar-refractivity contribution is 0.0523. The summed E-state index contributed by atoms with van der Waals surface area (Å²) in [5.74, 6) is -0.724. The molecular weight excluding hydrogens is 386 g/mol. The van der Waals surface area contributed by atoms with Gasteiger partial charge in [0.2, 0.25) is 0 Å². The number of para-hydroxylation sites is 1. The highest BCUT2D eigenvalue weighted by molar-refractivity contribution is 6.05. The lowest BCUT2D eigenvalue weighted by Gasteiger charge is -2.37. The van der Waals surface area contributed by atoms with Crippen molar-refractivity contribution in [1.29, 1.82) is 0 Å². The Hall–Kier alpha value is -3.62. The molecule has 1 amide bonds. The van der Waals surface area contributed by atoms with Crippen LogP contribution in [-0.2, 0) is 11.8 Å². The summed E-state index contributed by atoms with van der Waals surface area (Å²) in [5.41, 5.74) is 1.46. The van der Waals surface area contributed by atoms with Crippen molar-refractivity contribution >= 4 is 28.5 Å². The van der Waals surface area contributed by atoms with Crippen LogP contribution in [0.3, 0.4) is 0 Å². The Labute approximate surface area is 172 Å². The van der Waals surface area contributed by atoms with Gasteiger partial charge in [-0.25, -0.2) is 4.79 Å². The number of piperazine rings is 1. The van der Waals surface area contributed by atoms with Crippen LogP contribution in [0.15, 0.2) is 41.5 Å². The Morgan fingerprint density at radius 3 is 2.57 bits per heavy atom. The number of fused-ring (bicyclic) bond motifs is 1. The van der Waals surface area contributed by atoms with Gasteiger partial charge in [0.25, 0.3) is 11.5 Å². The number of H-pyrrole nitrogens is 1. The Bertz CT molecular complexity index is 1140. The number of pyridine rings is 1. The Kier molecular flexibility index (Phi) is 5.26. The molecular formula is C21H23N5O4. The Balaban J connectivity index is 1.72. The van der Waals surface area contributed by atoms with Gasteiger partial charge in [0.1, 0.15) is 5.56 Å². The molecule has 30 heavy (non-hydrogen) atoms. The van der Waals surface area contributed by atoms with Crippen molar-refractivity contribution in [3.63, 3.8) is 0 Å². The summed E-state index contributed by atoms with van der Waals surface area (Å²) in [5, 5.41) is 7.28. The maximum absolute atomic E-state index is 13.1. The molecule has 1 N–H and O–H groups in total. The van der Waals surface area contributed by atoms with Crippen molar-refractivity contribution in [2.45, 2.75) is 6.92 Å². The molecule has 0 atom stereocenters. The highest BCUT2D eigenvalue weighted by atomic mass is 16.5. The topological polar surface area (TPSA) is 101 Å². The van der Waals surface area contributed by atoms with Crippen LogP contribution in [0.4, 0.5) is 5.69 Å². The molecule has 1 saturated heterocycles. The molecule has 156 valence electrons. The second-order valence-electron chi connectivity index (χ2n) is 7.09. The largest absolute Gasteiger partial charge is 0.462 e. The molecule has 2 aromatic heterocycles. The van der Waals surface area contributed by atoms with E-state index in [0.717, 1.165) is 10.9 Å². The molecule has 0 saturated carbocycles. The molecule has 3 aromatic rings. The van der Waals surface area contributed by atoms with Gasteiger partial charge in [-0.3, -0.25) is 14.7 Å². The van der Waals surface area contributed by atoms with E-state index in [1.54, 1.807) is 25.1 Å². The van der Waals surface area contributed by atoms with E-state index >= 15 is 0 Å². The van der Waals surface area contributed by atoms with Crippen LogP contribution >= 0.6 is 0 Å².